The topological polar surface area (TPSA) is 77.6 Å². The summed E-state index contributed by atoms with van der Waals surface area (Å²) in [6, 6.07) is 10.4. The molecule has 0 aliphatic carbocycles. The summed E-state index contributed by atoms with van der Waals surface area (Å²) in [6.07, 6.45) is 4.09. The largest absolute Gasteiger partial charge is 0.355 e. The third-order valence-electron chi connectivity index (χ3n) is 4.61. The maximum Gasteiger partial charge on any atom is 0.319 e. The van der Waals surface area contributed by atoms with Gasteiger partial charge in [0.25, 0.3) is 5.91 Å². The fraction of sp³-hybridized carbons (Fsp3) is 0.286. The molecular formula is C21H24ClN5O2. The van der Waals surface area contributed by atoms with E-state index in [-0.39, 0.29) is 11.9 Å². The molecule has 3 amide bonds. The maximum atomic E-state index is 12.7. The Bertz CT molecular complexity index is 854. The fourth-order valence-electron chi connectivity index (χ4n) is 3.11. The van der Waals surface area contributed by atoms with Crippen molar-refractivity contribution in [3.8, 4) is 0 Å². The van der Waals surface area contributed by atoms with Crippen LogP contribution < -0.4 is 15.5 Å². The molecule has 1 aromatic heterocycles. The van der Waals surface area contributed by atoms with E-state index in [9.17, 15) is 9.59 Å². The Labute approximate surface area is 175 Å². The lowest BCUT2D eigenvalue weighted by molar-refractivity contribution is 0.0767. The molecule has 0 radical (unpaired) electrons. The number of pyridine rings is 1. The number of hydrogen-bond donors (Lipinski definition) is 2. The molecule has 0 bridgehead atoms. The van der Waals surface area contributed by atoms with Crippen molar-refractivity contribution >= 4 is 35.0 Å². The summed E-state index contributed by atoms with van der Waals surface area (Å²) < 4.78 is 0. The first-order valence-corrected chi connectivity index (χ1v) is 9.86. The molecule has 0 saturated carbocycles. The fourth-order valence-corrected chi connectivity index (χ4v) is 3.24. The molecule has 1 saturated heterocycles. The van der Waals surface area contributed by atoms with Crippen molar-refractivity contribution in [1.29, 1.82) is 0 Å². The van der Waals surface area contributed by atoms with E-state index < -0.39 is 0 Å². The zero-order chi connectivity index (χ0) is 20.6. The third kappa shape index (κ3) is 5.71. The van der Waals surface area contributed by atoms with Gasteiger partial charge in [-0.25, -0.2) is 9.78 Å². The molecule has 1 fully saturated rings. The number of amides is 3. The number of anilines is 2. The van der Waals surface area contributed by atoms with Crippen LogP contribution in [0.5, 0.6) is 0 Å². The number of carbonyl (C=O) groups is 2. The number of nitrogens with zero attached hydrogens (tertiary/aromatic N) is 3. The number of aromatic nitrogens is 1. The minimum atomic E-state index is -0.300. The van der Waals surface area contributed by atoms with Crippen LogP contribution in [-0.2, 0) is 0 Å². The summed E-state index contributed by atoms with van der Waals surface area (Å²) in [5, 5.41) is 5.99. The number of nitrogens with one attached hydrogen (secondary N) is 2. The van der Waals surface area contributed by atoms with E-state index in [2.05, 4.69) is 27.1 Å². The Morgan fingerprint density at radius 3 is 2.59 bits per heavy atom. The van der Waals surface area contributed by atoms with Gasteiger partial charge in [-0.05, 0) is 42.8 Å². The van der Waals surface area contributed by atoms with Gasteiger partial charge in [-0.1, -0.05) is 17.7 Å². The molecule has 0 spiro atoms. The van der Waals surface area contributed by atoms with Crippen molar-refractivity contribution < 1.29 is 9.59 Å². The van der Waals surface area contributed by atoms with Crippen molar-refractivity contribution in [1.82, 2.24) is 15.2 Å². The lowest BCUT2D eigenvalue weighted by Gasteiger charge is -2.23. The highest BCUT2D eigenvalue weighted by atomic mass is 35.5. The summed E-state index contributed by atoms with van der Waals surface area (Å²) >= 11 is 5.91. The Morgan fingerprint density at radius 2 is 1.90 bits per heavy atom. The van der Waals surface area contributed by atoms with Crippen LogP contribution >= 0.6 is 11.6 Å². The Kier molecular flexibility index (Phi) is 7.08. The van der Waals surface area contributed by atoms with Gasteiger partial charge in [0.05, 0.1) is 11.9 Å². The lowest BCUT2D eigenvalue weighted by atomic mass is 10.2. The smallest absolute Gasteiger partial charge is 0.319 e. The van der Waals surface area contributed by atoms with E-state index in [0.29, 0.717) is 42.5 Å². The zero-order valence-electron chi connectivity index (χ0n) is 16.1. The molecule has 29 heavy (non-hydrogen) atoms. The van der Waals surface area contributed by atoms with Gasteiger partial charge in [-0.3, -0.25) is 4.79 Å². The van der Waals surface area contributed by atoms with E-state index in [1.165, 1.54) is 0 Å². The zero-order valence-corrected chi connectivity index (χ0v) is 16.9. The number of hydrogen-bond acceptors (Lipinski definition) is 4. The summed E-state index contributed by atoms with van der Waals surface area (Å²) in [6.45, 7) is 6.77. The van der Waals surface area contributed by atoms with E-state index >= 15 is 0 Å². The number of carbonyl (C=O) groups excluding carboxylic acids is 2. The standard InChI is InChI=1S/C21H24ClN5O2/c1-2-10-23-21(29)25-18-8-9-19(24-15-18)26-11-3-12-27(14-13-26)20(28)16-4-6-17(22)7-5-16/h2,4-9,15H,1,3,10-14H2,(H2,23,25,29). The second kappa shape index (κ2) is 9.93. The van der Waals surface area contributed by atoms with Gasteiger partial charge in [0.1, 0.15) is 5.82 Å². The third-order valence-corrected chi connectivity index (χ3v) is 4.86. The van der Waals surface area contributed by atoms with E-state index in [1.807, 2.05) is 17.0 Å². The monoisotopic (exact) mass is 413 g/mol. The molecule has 2 aromatic rings. The number of halogens is 1. The molecule has 152 valence electrons. The minimum absolute atomic E-state index is 0.0153. The molecule has 2 N–H and O–H groups in total. The Balaban J connectivity index is 1.57. The minimum Gasteiger partial charge on any atom is -0.355 e. The van der Waals surface area contributed by atoms with E-state index in [4.69, 9.17) is 11.6 Å². The van der Waals surface area contributed by atoms with Crippen LogP contribution in [-0.4, -0.2) is 54.5 Å². The molecular weight excluding hydrogens is 390 g/mol. The van der Waals surface area contributed by atoms with Gasteiger partial charge in [0, 0.05) is 43.3 Å². The van der Waals surface area contributed by atoms with Gasteiger partial charge in [0.15, 0.2) is 0 Å². The maximum absolute atomic E-state index is 12.7. The van der Waals surface area contributed by atoms with Crippen LogP contribution in [0.25, 0.3) is 0 Å². The van der Waals surface area contributed by atoms with Crippen LogP contribution in [0.3, 0.4) is 0 Å². The highest BCUT2D eigenvalue weighted by molar-refractivity contribution is 6.30. The van der Waals surface area contributed by atoms with Crippen LogP contribution in [0.1, 0.15) is 16.8 Å². The van der Waals surface area contributed by atoms with Crippen molar-refractivity contribution in [2.75, 3.05) is 42.9 Å². The molecule has 2 heterocycles. The van der Waals surface area contributed by atoms with Gasteiger partial charge in [0.2, 0.25) is 0 Å². The van der Waals surface area contributed by atoms with E-state index in [1.54, 1.807) is 36.5 Å². The summed E-state index contributed by atoms with van der Waals surface area (Å²) in [4.78, 5) is 32.9. The Hall–Kier alpha value is -3.06. The summed E-state index contributed by atoms with van der Waals surface area (Å²) in [5.41, 5.74) is 1.26. The molecule has 1 aliphatic heterocycles. The van der Waals surface area contributed by atoms with Crippen LogP contribution in [0, 0.1) is 0 Å². The first-order chi connectivity index (χ1) is 14.1. The molecule has 3 rings (SSSR count). The molecule has 1 aliphatic rings. The van der Waals surface area contributed by atoms with Crippen molar-refractivity contribution in [2.24, 2.45) is 0 Å². The van der Waals surface area contributed by atoms with Crippen molar-refractivity contribution in [3.05, 3.63) is 65.8 Å². The van der Waals surface area contributed by atoms with Gasteiger partial charge < -0.3 is 20.4 Å². The molecule has 7 nitrogen and oxygen atoms in total. The predicted molar refractivity (Wildman–Crippen MR) is 116 cm³/mol. The number of urea groups is 1. The van der Waals surface area contributed by atoms with Crippen LogP contribution in [0.4, 0.5) is 16.3 Å². The SMILES string of the molecule is C=CCNC(=O)Nc1ccc(N2CCCN(C(=O)c3ccc(Cl)cc3)CC2)nc1. The molecule has 1 aromatic carbocycles. The average molecular weight is 414 g/mol. The van der Waals surface area contributed by atoms with Crippen LogP contribution in [0.15, 0.2) is 55.3 Å². The number of benzene rings is 1. The van der Waals surface area contributed by atoms with E-state index in [0.717, 1.165) is 18.8 Å². The lowest BCUT2D eigenvalue weighted by Crippen LogP contribution is -2.35. The Morgan fingerprint density at radius 1 is 1.10 bits per heavy atom. The van der Waals surface area contributed by atoms with Crippen molar-refractivity contribution in [3.63, 3.8) is 0 Å². The highest BCUT2D eigenvalue weighted by Gasteiger charge is 2.21. The number of rotatable bonds is 5. The first kappa shape index (κ1) is 20.7. The van der Waals surface area contributed by atoms with Gasteiger partial charge in [-0.2, -0.15) is 0 Å². The van der Waals surface area contributed by atoms with Crippen LogP contribution in [0.2, 0.25) is 5.02 Å². The normalized spacial score (nSPS) is 14.1. The molecule has 0 unspecified atom stereocenters. The summed E-state index contributed by atoms with van der Waals surface area (Å²) in [5.74, 6) is 0.837. The second-order valence-corrected chi connectivity index (χ2v) is 7.10. The van der Waals surface area contributed by atoms with Crippen molar-refractivity contribution in [2.45, 2.75) is 6.42 Å². The van der Waals surface area contributed by atoms with Gasteiger partial charge in [-0.15, -0.1) is 6.58 Å². The first-order valence-electron chi connectivity index (χ1n) is 9.48. The quantitative estimate of drug-likeness (QED) is 0.736. The highest BCUT2D eigenvalue weighted by Crippen LogP contribution is 2.18. The average Bonchev–Trinajstić information content (AvgIpc) is 2.99. The predicted octanol–water partition coefficient (Wildman–Crippen LogP) is 3.40. The van der Waals surface area contributed by atoms with Gasteiger partial charge >= 0.3 is 6.03 Å². The summed E-state index contributed by atoms with van der Waals surface area (Å²) in [7, 11) is 0. The molecule has 8 heteroatoms. The molecule has 0 atom stereocenters. The second-order valence-electron chi connectivity index (χ2n) is 6.67.